The predicted octanol–water partition coefficient (Wildman–Crippen LogP) is 22.8. The minimum Gasteiger partial charge on any atom is -0.335 e. The Morgan fingerprint density at radius 1 is 0.185 bits per heavy atom. The Bertz CT molecular complexity index is 5310. The van der Waals surface area contributed by atoms with E-state index in [1.165, 1.54) is 198 Å². The molecule has 6 nitrogen and oxygen atoms in total. The second-order valence-electron chi connectivity index (χ2n) is 27.8. The summed E-state index contributed by atoms with van der Waals surface area (Å²) in [6.45, 7) is 22.7. The highest BCUT2D eigenvalue weighted by Crippen LogP contribution is 2.57. The summed E-state index contributed by atoms with van der Waals surface area (Å²) >= 11 is 0. The average Bonchev–Trinajstić information content (AvgIpc) is 1.51. The van der Waals surface area contributed by atoms with Crippen LogP contribution in [0.2, 0.25) is 0 Å². The van der Waals surface area contributed by atoms with Crippen molar-refractivity contribution < 1.29 is 0 Å². The van der Waals surface area contributed by atoms with E-state index in [0.717, 1.165) is 0 Å². The van der Waals surface area contributed by atoms with Gasteiger partial charge >= 0.3 is 0 Å². The lowest BCUT2D eigenvalue weighted by Crippen LogP contribution is -2.46. The molecule has 444 valence electrons. The Labute approximate surface area is 534 Å². The second kappa shape index (κ2) is 19.0. The standard InChI is InChI=1S/C86H70N6/c1-47-11-23-73-61(35-47)62-36-48(2)12-24-74(62)87(73)57-19-31-81-69(43-57)70-44-58(88-75-25-13-49(3)37-63(75)64-38-50(4)14-26-76(64)88)20-32-82(70)91(81)85-55(9)56(10)86(85)92-83-33-21-59(89-77-27-15-51(5)39-65(77)66-40-52(6)16-28-78(66)89)45-71(83)72-46-60(22-34-84(72)92)90-79-29-17-53(7)41-67(79)68-42-54(8)18-30-80(68)90/h11-46,55-56,85-86H,1-10H3. The molecule has 0 N–H and O–H groups in total. The van der Waals surface area contributed by atoms with Crippen molar-refractivity contribution in [1.82, 2.24) is 27.4 Å². The number of aromatic nitrogens is 6. The van der Waals surface area contributed by atoms with E-state index in [1.54, 1.807) is 0 Å². The summed E-state index contributed by atoms with van der Waals surface area (Å²) in [5.74, 6) is 0.705. The van der Waals surface area contributed by atoms with Gasteiger partial charge in [0.1, 0.15) is 0 Å². The van der Waals surface area contributed by atoms with Crippen LogP contribution in [0, 0.1) is 67.2 Å². The third-order valence-corrected chi connectivity index (χ3v) is 21.7. The molecule has 1 aliphatic carbocycles. The summed E-state index contributed by atoms with van der Waals surface area (Å²) in [7, 11) is 0. The topological polar surface area (TPSA) is 29.6 Å². The second-order valence-corrected chi connectivity index (χ2v) is 27.8. The SMILES string of the molecule is Cc1ccc2c(c1)c1cc(C)ccc1n2-c1ccc2c(c1)c1cc(-n3c4ccc(C)cc4c4cc(C)ccc43)ccc1n2C1C(C)C(C)C1n1c2ccc(-n3c4ccc(C)cc4c4cc(C)ccc43)cc2c2cc(-n3c4ccc(C)cc4c4cc(C)ccc43)ccc21. The molecule has 0 spiro atoms. The zero-order valence-corrected chi connectivity index (χ0v) is 53.8. The summed E-state index contributed by atoms with van der Waals surface area (Å²) in [5.41, 5.74) is 29.6. The largest absolute Gasteiger partial charge is 0.335 e. The smallest absolute Gasteiger partial charge is 0.0581 e. The zero-order valence-electron chi connectivity index (χ0n) is 53.8. The Morgan fingerprint density at radius 3 is 0.511 bits per heavy atom. The van der Waals surface area contributed by atoms with Gasteiger partial charge in [0.25, 0.3) is 0 Å². The van der Waals surface area contributed by atoms with Gasteiger partial charge < -0.3 is 27.4 Å². The summed E-state index contributed by atoms with van der Waals surface area (Å²) < 4.78 is 15.6. The Hall–Kier alpha value is -10.6. The van der Waals surface area contributed by atoms with Crippen LogP contribution in [-0.4, -0.2) is 27.4 Å². The number of hydrogen-bond acceptors (Lipinski definition) is 0. The fraction of sp³-hybridized carbons (Fsp3) is 0.163. The van der Waals surface area contributed by atoms with Crippen LogP contribution in [0.5, 0.6) is 0 Å². The van der Waals surface area contributed by atoms with Crippen molar-refractivity contribution in [2.45, 2.75) is 81.3 Å². The lowest BCUT2D eigenvalue weighted by Gasteiger charge is -2.51. The van der Waals surface area contributed by atoms with Gasteiger partial charge in [-0.25, -0.2) is 0 Å². The van der Waals surface area contributed by atoms with E-state index in [4.69, 9.17) is 0 Å². The molecule has 6 heterocycles. The van der Waals surface area contributed by atoms with Gasteiger partial charge in [-0.05, 0) is 237 Å². The zero-order chi connectivity index (χ0) is 62.0. The van der Waals surface area contributed by atoms with Crippen molar-refractivity contribution in [3.63, 3.8) is 0 Å². The van der Waals surface area contributed by atoms with Crippen LogP contribution in [0.25, 0.3) is 154 Å². The first kappa shape index (κ1) is 53.3. The number of benzene rings is 12. The van der Waals surface area contributed by atoms with Crippen LogP contribution in [0.3, 0.4) is 0 Å². The molecule has 0 amide bonds. The van der Waals surface area contributed by atoms with Gasteiger partial charge in [-0.3, -0.25) is 0 Å². The molecule has 4 unspecified atom stereocenters. The maximum Gasteiger partial charge on any atom is 0.0581 e. The van der Waals surface area contributed by atoms with Crippen molar-refractivity contribution in [1.29, 1.82) is 0 Å². The molecule has 12 aromatic carbocycles. The fourth-order valence-electron chi connectivity index (χ4n) is 17.2. The van der Waals surface area contributed by atoms with Gasteiger partial charge in [0.15, 0.2) is 0 Å². The fourth-order valence-corrected chi connectivity index (χ4v) is 17.2. The third-order valence-electron chi connectivity index (χ3n) is 21.7. The predicted molar refractivity (Wildman–Crippen MR) is 391 cm³/mol. The van der Waals surface area contributed by atoms with Crippen LogP contribution in [-0.2, 0) is 0 Å². The van der Waals surface area contributed by atoms with Crippen molar-refractivity contribution in [2.75, 3.05) is 0 Å². The molecule has 0 aliphatic heterocycles. The van der Waals surface area contributed by atoms with Crippen molar-refractivity contribution in [3.05, 3.63) is 263 Å². The molecule has 18 aromatic rings. The van der Waals surface area contributed by atoms with Crippen LogP contribution in [0.1, 0.15) is 70.4 Å². The Morgan fingerprint density at radius 2 is 0.337 bits per heavy atom. The van der Waals surface area contributed by atoms with Gasteiger partial charge in [0.2, 0.25) is 0 Å². The highest BCUT2D eigenvalue weighted by atomic mass is 15.2. The van der Waals surface area contributed by atoms with E-state index in [2.05, 4.69) is 315 Å². The Balaban J connectivity index is 0.868. The van der Waals surface area contributed by atoms with Crippen LogP contribution >= 0.6 is 0 Å². The average molecular weight is 1190 g/mol. The molecule has 6 aromatic heterocycles. The minimum absolute atomic E-state index is 0.117. The maximum absolute atomic E-state index is 2.77. The van der Waals surface area contributed by atoms with E-state index in [0.29, 0.717) is 11.8 Å². The van der Waals surface area contributed by atoms with Gasteiger partial charge in [-0.15, -0.1) is 0 Å². The molecule has 0 bridgehead atoms. The molecule has 6 heteroatoms. The number of nitrogens with zero attached hydrogens (tertiary/aromatic N) is 6. The summed E-state index contributed by atoms with van der Waals surface area (Å²) in [4.78, 5) is 0. The van der Waals surface area contributed by atoms with E-state index < -0.39 is 0 Å². The van der Waals surface area contributed by atoms with E-state index in [9.17, 15) is 0 Å². The minimum atomic E-state index is 0.117. The normalized spacial score (nSPS) is 16.4. The molecule has 1 fully saturated rings. The van der Waals surface area contributed by atoms with Crippen LogP contribution in [0.4, 0.5) is 0 Å². The van der Waals surface area contributed by atoms with Crippen molar-refractivity contribution in [2.24, 2.45) is 11.8 Å². The molecule has 92 heavy (non-hydrogen) atoms. The van der Waals surface area contributed by atoms with E-state index in [-0.39, 0.29) is 12.1 Å². The van der Waals surface area contributed by atoms with Gasteiger partial charge in [0, 0.05) is 109 Å². The van der Waals surface area contributed by atoms with Gasteiger partial charge in [0.05, 0.1) is 56.2 Å². The highest BCUT2D eigenvalue weighted by molar-refractivity contribution is 6.17. The molecule has 1 saturated carbocycles. The lowest BCUT2D eigenvalue weighted by atomic mass is 9.66. The van der Waals surface area contributed by atoms with Crippen LogP contribution < -0.4 is 0 Å². The first-order valence-corrected chi connectivity index (χ1v) is 32.9. The monoisotopic (exact) mass is 1190 g/mol. The summed E-state index contributed by atoms with van der Waals surface area (Å²) in [6, 6.07) is 85.4. The molecular formula is C86H70N6. The van der Waals surface area contributed by atoms with E-state index >= 15 is 0 Å². The van der Waals surface area contributed by atoms with Crippen LogP contribution in [0.15, 0.2) is 218 Å². The quantitative estimate of drug-likeness (QED) is 0.159. The van der Waals surface area contributed by atoms with Gasteiger partial charge in [-0.1, -0.05) is 107 Å². The number of hydrogen-bond donors (Lipinski definition) is 0. The molecular weight excluding hydrogens is 1120 g/mol. The molecule has 0 saturated heterocycles. The third kappa shape index (κ3) is 7.38. The van der Waals surface area contributed by atoms with Gasteiger partial charge in [-0.2, -0.15) is 0 Å². The first-order valence-electron chi connectivity index (χ1n) is 32.9. The number of fused-ring (bicyclic) bond motifs is 18. The first-order chi connectivity index (χ1) is 44.7. The maximum atomic E-state index is 2.77. The Kier molecular flexibility index (Phi) is 11.0. The highest BCUT2D eigenvalue weighted by Gasteiger charge is 2.49. The molecule has 4 atom stereocenters. The summed E-state index contributed by atoms with van der Waals surface area (Å²) in [5, 5.41) is 15.3. The molecule has 0 radical (unpaired) electrons. The number of rotatable bonds is 6. The van der Waals surface area contributed by atoms with Crippen molar-refractivity contribution >= 4 is 131 Å². The molecule has 1 aliphatic rings. The molecule has 19 rings (SSSR count). The lowest BCUT2D eigenvalue weighted by molar-refractivity contribution is 0.0338. The number of aryl methyl sites for hydroxylation is 8. The van der Waals surface area contributed by atoms with Crippen molar-refractivity contribution in [3.8, 4) is 22.7 Å². The summed E-state index contributed by atoms with van der Waals surface area (Å²) in [6.07, 6.45) is 0. The van der Waals surface area contributed by atoms with E-state index in [1.807, 2.05) is 0 Å².